The molecule has 0 fully saturated rings. The SMILES string of the molecule is CC(=O)N[C@H](CCc1ccc(N([O-])O)cc1)C(=O)O. The molecule has 1 atom stereocenters. The van der Waals surface area contributed by atoms with E-state index in [1.807, 2.05) is 0 Å². The normalized spacial score (nSPS) is 11.7. The number of rotatable bonds is 6. The van der Waals surface area contributed by atoms with Gasteiger partial charge in [-0.25, -0.2) is 4.79 Å². The number of amides is 1. The molecule has 0 radical (unpaired) electrons. The minimum absolute atomic E-state index is 0.0976. The molecule has 1 rings (SSSR count). The summed E-state index contributed by atoms with van der Waals surface area (Å²) in [6.07, 6.45) is 0.677. The zero-order valence-corrected chi connectivity index (χ0v) is 10.4. The second kappa shape index (κ2) is 6.72. The Balaban J connectivity index is 2.59. The summed E-state index contributed by atoms with van der Waals surface area (Å²) in [5.74, 6) is -1.49. The number of nitrogens with zero attached hydrogens (tertiary/aromatic N) is 1. The number of carbonyl (C=O) groups is 2. The number of carbonyl (C=O) groups excluding carboxylic acids is 1. The summed E-state index contributed by atoms with van der Waals surface area (Å²) in [6.45, 7) is 1.26. The molecule has 1 aromatic rings. The van der Waals surface area contributed by atoms with Gasteiger partial charge in [0.15, 0.2) is 0 Å². The van der Waals surface area contributed by atoms with E-state index >= 15 is 0 Å². The first kappa shape index (κ1) is 14.9. The van der Waals surface area contributed by atoms with E-state index in [2.05, 4.69) is 5.32 Å². The quantitative estimate of drug-likeness (QED) is 0.660. The van der Waals surface area contributed by atoms with Gasteiger partial charge in [0.1, 0.15) is 6.04 Å². The highest BCUT2D eigenvalue weighted by Gasteiger charge is 2.17. The molecule has 7 nitrogen and oxygen atoms in total. The second-order valence-corrected chi connectivity index (χ2v) is 4.07. The first-order valence-electron chi connectivity index (χ1n) is 5.65. The van der Waals surface area contributed by atoms with Gasteiger partial charge in [-0.05, 0) is 30.5 Å². The first-order chi connectivity index (χ1) is 8.90. The van der Waals surface area contributed by atoms with Crippen molar-refractivity contribution in [3.05, 3.63) is 35.0 Å². The standard InChI is InChI=1S/C12H15N2O5/c1-8(15)13-11(12(16)17)7-4-9-2-5-10(6-3-9)14(18)19/h2-3,5-6,11,18H,4,7H2,1H3,(H,13,15)(H,16,17)/q-1/t11-/m1/s1. The van der Waals surface area contributed by atoms with Gasteiger partial charge < -0.3 is 20.9 Å². The molecular weight excluding hydrogens is 252 g/mol. The molecule has 0 aliphatic heterocycles. The Kier molecular flexibility index (Phi) is 5.28. The third-order valence-corrected chi connectivity index (χ3v) is 2.55. The van der Waals surface area contributed by atoms with E-state index in [0.717, 1.165) is 5.56 Å². The fourth-order valence-electron chi connectivity index (χ4n) is 1.60. The Morgan fingerprint density at radius 2 is 1.95 bits per heavy atom. The van der Waals surface area contributed by atoms with Crippen LogP contribution in [0, 0.1) is 5.21 Å². The number of carboxylic acids is 1. The van der Waals surface area contributed by atoms with Gasteiger partial charge in [0, 0.05) is 6.92 Å². The monoisotopic (exact) mass is 267 g/mol. The Morgan fingerprint density at radius 1 is 1.37 bits per heavy atom. The Bertz CT molecular complexity index is 444. The minimum atomic E-state index is -1.09. The van der Waals surface area contributed by atoms with Crippen LogP contribution in [0.25, 0.3) is 0 Å². The summed E-state index contributed by atoms with van der Waals surface area (Å²) >= 11 is 0. The number of hydrogen-bond acceptors (Lipinski definition) is 5. The molecule has 0 aromatic heterocycles. The molecule has 7 heteroatoms. The molecule has 0 bridgehead atoms. The highest BCUT2D eigenvalue weighted by molar-refractivity contribution is 5.82. The molecule has 0 heterocycles. The second-order valence-electron chi connectivity index (χ2n) is 4.07. The predicted octanol–water partition coefficient (Wildman–Crippen LogP) is 0.902. The van der Waals surface area contributed by atoms with E-state index < -0.39 is 17.9 Å². The van der Waals surface area contributed by atoms with E-state index in [1.165, 1.54) is 19.1 Å². The summed E-state index contributed by atoms with van der Waals surface area (Å²) in [4.78, 5) is 21.8. The Labute approximate surface area is 110 Å². The van der Waals surface area contributed by atoms with Crippen molar-refractivity contribution in [1.82, 2.24) is 5.32 Å². The topological polar surface area (TPSA) is 113 Å². The molecule has 1 amide bonds. The van der Waals surface area contributed by atoms with E-state index in [0.29, 0.717) is 6.42 Å². The average Bonchev–Trinajstić information content (AvgIpc) is 2.34. The lowest BCUT2D eigenvalue weighted by Crippen LogP contribution is -2.39. The van der Waals surface area contributed by atoms with Crippen LogP contribution in [0.4, 0.5) is 5.69 Å². The number of carboxylic acid groups (broad SMARTS) is 1. The van der Waals surface area contributed by atoms with Crippen molar-refractivity contribution < 1.29 is 19.9 Å². The summed E-state index contributed by atoms with van der Waals surface area (Å²) in [5.41, 5.74) is 0.905. The van der Waals surface area contributed by atoms with Gasteiger partial charge in [-0.2, -0.15) is 0 Å². The van der Waals surface area contributed by atoms with Crippen LogP contribution in [0.1, 0.15) is 18.9 Å². The molecule has 19 heavy (non-hydrogen) atoms. The zero-order chi connectivity index (χ0) is 14.4. The largest absolute Gasteiger partial charge is 0.733 e. The number of nitrogens with one attached hydrogen (secondary N) is 1. The summed E-state index contributed by atoms with van der Waals surface area (Å²) in [6, 6.07) is 5.14. The van der Waals surface area contributed by atoms with Crippen molar-refractivity contribution >= 4 is 17.6 Å². The lowest BCUT2D eigenvalue weighted by Gasteiger charge is -2.21. The van der Waals surface area contributed by atoms with E-state index in [-0.39, 0.29) is 17.3 Å². The fourth-order valence-corrected chi connectivity index (χ4v) is 1.60. The summed E-state index contributed by atoms with van der Waals surface area (Å²) in [7, 11) is 0. The van der Waals surface area contributed by atoms with Crippen LogP contribution < -0.4 is 10.5 Å². The Hall–Kier alpha value is -2.12. The molecule has 0 aliphatic carbocycles. The Morgan fingerprint density at radius 3 is 2.37 bits per heavy atom. The minimum Gasteiger partial charge on any atom is -0.733 e. The number of hydrogen-bond donors (Lipinski definition) is 3. The maximum atomic E-state index is 10.9. The van der Waals surface area contributed by atoms with Crippen molar-refractivity contribution in [2.75, 3.05) is 5.23 Å². The van der Waals surface area contributed by atoms with Gasteiger partial charge in [0.05, 0.1) is 5.69 Å². The van der Waals surface area contributed by atoms with E-state index in [9.17, 15) is 14.8 Å². The molecule has 0 unspecified atom stereocenters. The van der Waals surface area contributed by atoms with Gasteiger partial charge >= 0.3 is 5.97 Å². The zero-order valence-electron chi connectivity index (χ0n) is 10.4. The van der Waals surface area contributed by atoms with Crippen LogP contribution in [-0.2, 0) is 16.0 Å². The average molecular weight is 267 g/mol. The molecule has 104 valence electrons. The molecule has 0 aliphatic rings. The molecule has 0 spiro atoms. The summed E-state index contributed by atoms with van der Waals surface area (Å²) < 4.78 is 0. The first-order valence-corrected chi connectivity index (χ1v) is 5.65. The summed E-state index contributed by atoms with van der Waals surface area (Å²) in [5, 5.41) is 30.3. The van der Waals surface area contributed by atoms with Gasteiger partial charge in [0.2, 0.25) is 5.91 Å². The fraction of sp³-hybridized carbons (Fsp3) is 0.333. The number of aryl methyl sites for hydroxylation is 1. The van der Waals surface area contributed by atoms with Crippen LogP contribution in [0.15, 0.2) is 24.3 Å². The van der Waals surface area contributed by atoms with Gasteiger partial charge in [-0.3, -0.25) is 10.0 Å². The van der Waals surface area contributed by atoms with Crippen LogP contribution >= 0.6 is 0 Å². The van der Waals surface area contributed by atoms with Gasteiger partial charge in [-0.1, -0.05) is 12.1 Å². The third-order valence-electron chi connectivity index (χ3n) is 2.55. The number of aliphatic carboxylic acids is 1. The third kappa shape index (κ3) is 4.94. The van der Waals surface area contributed by atoms with Crippen molar-refractivity contribution in [1.29, 1.82) is 0 Å². The number of anilines is 1. The van der Waals surface area contributed by atoms with Crippen molar-refractivity contribution in [2.24, 2.45) is 0 Å². The highest BCUT2D eigenvalue weighted by atomic mass is 16.8. The lowest BCUT2D eigenvalue weighted by atomic mass is 10.0. The van der Waals surface area contributed by atoms with Crippen molar-refractivity contribution in [2.45, 2.75) is 25.8 Å². The predicted molar refractivity (Wildman–Crippen MR) is 67.6 cm³/mol. The maximum absolute atomic E-state index is 10.9. The van der Waals surface area contributed by atoms with Crippen LogP contribution in [0.2, 0.25) is 0 Å². The smallest absolute Gasteiger partial charge is 0.326 e. The van der Waals surface area contributed by atoms with E-state index in [1.54, 1.807) is 12.1 Å². The maximum Gasteiger partial charge on any atom is 0.326 e. The molecule has 3 N–H and O–H groups in total. The van der Waals surface area contributed by atoms with Crippen molar-refractivity contribution in [3.63, 3.8) is 0 Å². The molecule has 1 aromatic carbocycles. The molecule has 0 saturated heterocycles. The molecule has 0 saturated carbocycles. The van der Waals surface area contributed by atoms with Crippen LogP contribution in [0.3, 0.4) is 0 Å². The number of benzene rings is 1. The lowest BCUT2D eigenvalue weighted by molar-refractivity contribution is -0.141. The van der Waals surface area contributed by atoms with Gasteiger partial charge in [0.25, 0.3) is 0 Å². The highest BCUT2D eigenvalue weighted by Crippen LogP contribution is 2.14. The molecular formula is C12H15N2O5-. The van der Waals surface area contributed by atoms with Gasteiger partial charge in [-0.15, -0.1) is 0 Å². The van der Waals surface area contributed by atoms with Crippen LogP contribution in [0.5, 0.6) is 0 Å². The van der Waals surface area contributed by atoms with Crippen LogP contribution in [-0.4, -0.2) is 28.2 Å². The van der Waals surface area contributed by atoms with Crippen molar-refractivity contribution in [3.8, 4) is 0 Å². The van der Waals surface area contributed by atoms with E-state index in [4.69, 9.17) is 10.3 Å².